The van der Waals surface area contributed by atoms with Crippen molar-refractivity contribution < 1.29 is 9.59 Å². The summed E-state index contributed by atoms with van der Waals surface area (Å²) in [5.41, 5.74) is 1.43. The van der Waals surface area contributed by atoms with Crippen LogP contribution in [-0.4, -0.2) is 11.6 Å². The molecule has 4 aliphatic carbocycles. The smallest absolute Gasteiger partial charge is 0.155 e. The molecule has 4 rings (SSSR count). The molecular formula is C18H24O2. The minimum Gasteiger partial charge on any atom is -0.299 e. The van der Waals surface area contributed by atoms with Crippen molar-refractivity contribution in [3.63, 3.8) is 0 Å². The van der Waals surface area contributed by atoms with E-state index >= 15 is 0 Å². The molecule has 3 saturated carbocycles. The molecule has 0 saturated heterocycles. The maximum absolute atomic E-state index is 12.3. The first-order valence-electron chi connectivity index (χ1n) is 8.36. The molecular weight excluding hydrogens is 248 g/mol. The van der Waals surface area contributed by atoms with Gasteiger partial charge in [0, 0.05) is 18.3 Å². The quantitative estimate of drug-likeness (QED) is 0.674. The predicted octanol–water partition coefficient (Wildman–Crippen LogP) is 3.70. The lowest BCUT2D eigenvalue weighted by atomic mass is 9.52. The summed E-state index contributed by atoms with van der Waals surface area (Å²) in [5.74, 6) is 3.66. The van der Waals surface area contributed by atoms with Gasteiger partial charge in [-0.05, 0) is 68.3 Å². The lowest BCUT2D eigenvalue weighted by Crippen LogP contribution is -2.46. The minimum absolute atomic E-state index is 0.00707. The first-order valence-corrected chi connectivity index (χ1v) is 8.36. The number of hydrogen-bond donors (Lipinski definition) is 0. The number of Topliss-reactive ketones (excluding diaryl/α,β-unsaturated/α-hetero) is 1. The number of ketones is 2. The highest BCUT2D eigenvalue weighted by atomic mass is 16.1. The Balaban J connectivity index is 1.65. The molecule has 0 unspecified atom stereocenters. The van der Waals surface area contributed by atoms with Crippen LogP contribution in [0.1, 0.15) is 58.3 Å². The fourth-order valence-electron chi connectivity index (χ4n) is 5.95. The van der Waals surface area contributed by atoms with Gasteiger partial charge in [0.25, 0.3) is 0 Å². The number of carbonyl (C=O) groups excluding carboxylic acids is 2. The summed E-state index contributed by atoms with van der Waals surface area (Å²) in [6.45, 7) is 2.24. The third-order valence-electron chi connectivity index (χ3n) is 7.01. The van der Waals surface area contributed by atoms with Gasteiger partial charge < -0.3 is 0 Å². The van der Waals surface area contributed by atoms with E-state index in [9.17, 15) is 9.59 Å². The van der Waals surface area contributed by atoms with Crippen LogP contribution in [0.25, 0.3) is 0 Å². The normalized spacial score (nSPS) is 47.4. The van der Waals surface area contributed by atoms with Crippen LogP contribution in [-0.2, 0) is 9.59 Å². The zero-order valence-corrected chi connectivity index (χ0v) is 12.4. The number of rotatable bonds is 0. The van der Waals surface area contributed by atoms with Gasteiger partial charge in [-0.2, -0.15) is 0 Å². The Hall–Kier alpha value is -0.920. The highest BCUT2D eigenvalue weighted by Gasteiger charge is 2.55. The topological polar surface area (TPSA) is 34.1 Å². The van der Waals surface area contributed by atoms with Gasteiger partial charge in [-0.3, -0.25) is 9.59 Å². The molecule has 2 heteroatoms. The Bertz CT molecular complexity index is 504. The molecule has 20 heavy (non-hydrogen) atoms. The Morgan fingerprint density at radius 3 is 2.70 bits per heavy atom. The zero-order chi connectivity index (χ0) is 13.9. The van der Waals surface area contributed by atoms with Gasteiger partial charge in [0.15, 0.2) is 5.78 Å². The highest BCUT2D eigenvalue weighted by molar-refractivity contribution is 5.91. The summed E-state index contributed by atoms with van der Waals surface area (Å²) in [4.78, 5) is 23.9. The second-order valence-corrected chi connectivity index (χ2v) is 7.72. The average molecular weight is 272 g/mol. The SMILES string of the molecule is C[C@]12CC[C@H]3[C@@H](CCC4=CC(=O)CC[C@H]43)[C@@H]1CCC2=O. The molecule has 4 aliphatic rings. The fourth-order valence-corrected chi connectivity index (χ4v) is 5.95. The monoisotopic (exact) mass is 272 g/mol. The van der Waals surface area contributed by atoms with Crippen LogP contribution in [0.5, 0.6) is 0 Å². The first kappa shape index (κ1) is 12.8. The molecule has 0 aromatic rings. The van der Waals surface area contributed by atoms with Crippen molar-refractivity contribution in [2.24, 2.45) is 29.1 Å². The number of carbonyl (C=O) groups is 2. The lowest BCUT2D eigenvalue weighted by Gasteiger charge is -2.52. The van der Waals surface area contributed by atoms with Crippen molar-refractivity contribution in [1.29, 1.82) is 0 Å². The van der Waals surface area contributed by atoms with E-state index < -0.39 is 0 Å². The van der Waals surface area contributed by atoms with Gasteiger partial charge in [-0.15, -0.1) is 0 Å². The fraction of sp³-hybridized carbons (Fsp3) is 0.778. The van der Waals surface area contributed by atoms with Crippen molar-refractivity contribution in [1.82, 2.24) is 0 Å². The summed E-state index contributed by atoms with van der Waals surface area (Å²) in [6, 6.07) is 0. The van der Waals surface area contributed by atoms with Crippen molar-refractivity contribution in [2.75, 3.05) is 0 Å². The van der Waals surface area contributed by atoms with E-state index in [1.54, 1.807) is 0 Å². The molecule has 108 valence electrons. The summed E-state index contributed by atoms with van der Waals surface area (Å²) in [5, 5.41) is 0. The van der Waals surface area contributed by atoms with Gasteiger partial charge in [0.2, 0.25) is 0 Å². The molecule has 3 fully saturated rings. The predicted molar refractivity (Wildman–Crippen MR) is 77.1 cm³/mol. The van der Waals surface area contributed by atoms with Crippen molar-refractivity contribution in [2.45, 2.75) is 58.3 Å². The van der Waals surface area contributed by atoms with Gasteiger partial charge in [-0.25, -0.2) is 0 Å². The average Bonchev–Trinajstić information content (AvgIpc) is 2.74. The Morgan fingerprint density at radius 2 is 1.85 bits per heavy atom. The summed E-state index contributed by atoms with van der Waals surface area (Å²) in [7, 11) is 0. The van der Waals surface area contributed by atoms with Crippen molar-refractivity contribution in [3.05, 3.63) is 11.6 Å². The largest absolute Gasteiger partial charge is 0.299 e. The van der Waals surface area contributed by atoms with Gasteiger partial charge in [0.05, 0.1) is 0 Å². The molecule has 0 bridgehead atoms. The van der Waals surface area contributed by atoms with Crippen LogP contribution in [0.3, 0.4) is 0 Å². The molecule has 5 atom stereocenters. The van der Waals surface area contributed by atoms with E-state index in [4.69, 9.17) is 0 Å². The van der Waals surface area contributed by atoms with Crippen molar-refractivity contribution >= 4 is 11.6 Å². The number of allylic oxidation sites excluding steroid dienone is 1. The number of fused-ring (bicyclic) bond motifs is 5. The Kier molecular flexibility index (Phi) is 2.74. The zero-order valence-electron chi connectivity index (χ0n) is 12.4. The van der Waals surface area contributed by atoms with Crippen LogP contribution in [0.4, 0.5) is 0 Å². The molecule has 0 aromatic carbocycles. The van der Waals surface area contributed by atoms with E-state index in [1.165, 1.54) is 18.4 Å². The Morgan fingerprint density at radius 1 is 1.00 bits per heavy atom. The maximum Gasteiger partial charge on any atom is 0.155 e. The van der Waals surface area contributed by atoms with Crippen LogP contribution < -0.4 is 0 Å². The molecule has 2 nitrogen and oxygen atoms in total. The highest BCUT2D eigenvalue weighted by Crippen LogP contribution is 2.60. The third kappa shape index (κ3) is 1.63. The molecule has 0 amide bonds. The first-order chi connectivity index (χ1) is 9.59. The lowest BCUT2D eigenvalue weighted by molar-refractivity contribution is -0.131. The van der Waals surface area contributed by atoms with Gasteiger partial charge in [-0.1, -0.05) is 12.5 Å². The number of hydrogen-bond acceptors (Lipinski definition) is 2. The summed E-state index contributed by atoms with van der Waals surface area (Å²) in [6.07, 6.45) is 10.3. The van der Waals surface area contributed by atoms with E-state index in [-0.39, 0.29) is 5.41 Å². The van der Waals surface area contributed by atoms with Crippen LogP contribution >= 0.6 is 0 Å². The molecule has 0 N–H and O–H groups in total. The van der Waals surface area contributed by atoms with Gasteiger partial charge in [0.1, 0.15) is 5.78 Å². The molecule has 0 aromatic heterocycles. The summed E-state index contributed by atoms with van der Waals surface area (Å²) < 4.78 is 0. The molecule has 0 radical (unpaired) electrons. The van der Waals surface area contributed by atoms with E-state index in [0.717, 1.165) is 50.4 Å². The van der Waals surface area contributed by atoms with E-state index in [0.29, 0.717) is 23.4 Å². The van der Waals surface area contributed by atoms with Crippen LogP contribution in [0, 0.1) is 29.1 Å². The summed E-state index contributed by atoms with van der Waals surface area (Å²) >= 11 is 0. The van der Waals surface area contributed by atoms with E-state index in [1.807, 2.05) is 6.08 Å². The maximum atomic E-state index is 12.3. The molecule has 0 spiro atoms. The molecule has 0 aliphatic heterocycles. The second-order valence-electron chi connectivity index (χ2n) is 7.72. The van der Waals surface area contributed by atoms with Gasteiger partial charge >= 0.3 is 0 Å². The Labute approximate surface area is 121 Å². The minimum atomic E-state index is -0.00707. The second kappa shape index (κ2) is 4.29. The van der Waals surface area contributed by atoms with Crippen LogP contribution in [0.15, 0.2) is 11.6 Å². The standard InChI is InChI=1S/C18H24O2/c1-18-9-8-14-13-5-3-12(19)10-11(13)2-4-15(14)16(18)6-7-17(18)20/h10,13-16H,2-9H2,1H3/t13-,14-,15-,16+,18+/m1/s1. The van der Waals surface area contributed by atoms with E-state index in [2.05, 4.69) is 6.92 Å². The molecule has 0 heterocycles. The third-order valence-corrected chi connectivity index (χ3v) is 7.01. The van der Waals surface area contributed by atoms with Crippen molar-refractivity contribution in [3.8, 4) is 0 Å². The van der Waals surface area contributed by atoms with Crippen LogP contribution in [0.2, 0.25) is 0 Å².